The van der Waals surface area contributed by atoms with Gasteiger partial charge in [0.1, 0.15) is 6.61 Å². The van der Waals surface area contributed by atoms with Gasteiger partial charge >= 0.3 is 19.8 Å². The molecule has 0 aromatic heterocycles. The summed E-state index contributed by atoms with van der Waals surface area (Å²) in [6.45, 7) is 3.65. The number of allylic oxidation sites excluding steroid dienone is 8. The lowest BCUT2D eigenvalue weighted by molar-refractivity contribution is -0.161. The molecule has 54 heavy (non-hydrogen) atoms. The predicted octanol–water partition coefficient (Wildman–Crippen LogP) is 12.3. The highest BCUT2D eigenvalue weighted by molar-refractivity contribution is 7.47. The van der Waals surface area contributed by atoms with Crippen molar-refractivity contribution in [1.29, 1.82) is 0 Å². The van der Waals surface area contributed by atoms with E-state index in [4.69, 9.17) is 24.3 Å². The number of carbonyl (C=O) groups excluding carboxylic acids is 2. The molecule has 0 bridgehead atoms. The lowest BCUT2D eigenvalue weighted by Crippen LogP contribution is -2.29. The fourth-order valence-corrected chi connectivity index (χ4v) is 6.51. The summed E-state index contributed by atoms with van der Waals surface area (Å²) in [5.41, 5.74) is 5.34. The molecule has 0 heterocycles. The maximum absolute atomic E-state index is 12.6. The number of nitrogens with two attached hydrogens (primary N) is 1. The van der Waals surface area contributed by atoms with Gasteiger partial charge in [-0.1, -0.05) is 172 Å². The summed E-state index contributed by atoms with van der Waals surface area (Å²) in [6.07, 6.45) is 45.7. The highest BCUT2D eigenvalue weighted by Gasteiger charge is 2.25. The monoisotopic (exact) mass is 782 g/mol. The minimum absolute atomic E-state index is 0.0459. The Labute approximate surface area is 330 Å². The number of unbranched alkanes of at least 4 members (excludes halogenated alkanes) is 19. The smallest absolute Gasteiger partial charge is 0.462 e. The second-order valence-corrected chi connectivity index (χ2v) is 15.7. The molecule has 3 N–H and O–H groups in total. The first-order valence-corrected chi connectivity index (χ1v) is 23.1. The highest BCUT2D eigenvalue weighted by atomic mass is 31.2. The summed E-state index contributed by atoms with van der Waals surface area (Å²) >= 11 is 0. The average Bonchev–Trinajstić information content (AvgIpc) is 3.16. The van der Waals surface area contributed by atoms with Crippen molar-refractivity contribution in [3.63, 3.8) is 0 Å². The van der Waals surface area contributed by atoms with E-state index in [1.165, 1.54) is 103 Å². The molecule has 2 atom stereocenters. The van der Waals surface area contributed by atoms with Gasteiger partial charge in [-0.05, 0) is 51.4 Å². The topological polar surface area (TPSA) is 134 Å². The Kier molecular flexibility index (Phi) is 39.1. The number of carbonyl (C=O) groups is 2. The molecule has 314 valence electrons. The number of hydrogen-bond donors (Lipinski definition) is 2. The van der Waals surface area contributed by atoms with E-state index in [0.29, 0.717) is 12.8 Å². The maximum Gasteiger partial charge on any atom is 0.472 e. The van der Waals surface area contributed by atoms with Crippen LogP contribution in [0.4, 0.5) is 0 Å². The summed E-state index contributed by atoms with van der Waals surface area (Å²) in [5, 5.41) is 0. The molecule has 10 heteroatoms. The van der Waals surface area contributed by atoms with Gasteiger partial charge in [0.15, 0.2) is 6.10 Å². The van der Waals surface area contributed by atoms with E-state index in [1.807, 2.05) is 6.08 Å². The van der Waals surface area contributed by atoms with Crippen LogP contribution in [-0.4, -0.2) is 49.3 Å². The van der Waals surface area contributed by atoms with Crippen molar-refractivity contribution in [3.8, 4) is 0 Å². The third-order valence-corrected chi connectivity index (χ3v) is 9.95. The van der Waals surface area contributed by atoms with Gasteiger partial charge in [0.2, 0.25) is 0 Å². The van der Waals surface area contributed by atoms with Crippen molar-refractivity contribution < 1.29 is 37.6 Å². The number of phosphoric acid groups is 1. The Bertz CT molecular complexity index is 1030. The second kappa shape index (κ2) is 40.6. The number of ether oxygens (including phenoxy) is 2. The van der Waals surface area contributed by atoms with Gasteiger partial charge in [0, 0.05) is 19.4 Å². The van der Waals surface area contributed by atoms with Crippen LogP contribution in [0.5, 0.6) is 0 Å². The Balaban J connectivity index is 4.24. The van der Waals surface area contributed by atoms with Crippen LogP contribution in [0.2, 0.25) is 0 Å². The number of rotatable bonds is 40. The normalized spacial score (nSPS) is 13.8. The standard InChI is InChI=1S/C44H80NO8P/c1-3-5-7-9-11-13-15-17-19-21-23-24-26-28-30-32-34-36-43(46)50-40-42(41-52-54(48,49)51-39-38-45)53-44(47)37-35-33-31-29-27-25-22-20-18-16-14-12-10-8-6-4-2/h11,13,17,19,23-24,28,30,42H,3-10,12,14-16,18,20-22,25-27,29,31-41,45H2,1-2H3,(H,48,49)/b13-11+,19-17+,24-23+,30-28+/t42-/m1/s1. The van der Waals surface area contributed by atoms with E-state index in [9.17, 15) is 19.0 Å². The van der Waals surface area contributed by atoms with E-state index in [-0.39, 0.29) is 32.6 Å². The molecule has 0 rings (SSSR count). The molecule has 0 aromatic carbocycles. The summed E-state index contributed by atoms with van der Waals surface area (Å²) in [7, 11) is -4.39. The third-order valence-electron chi connectivity index (χ3n) is 8.97. The molecular formula is C44H80NO8P. The van der Waals surface area contributed by atoms with Gasteiger partial charge in [-0.2, -0.15) is 0 Å². The van der Waals surface area contributed by atoms with Crippen LogP contribution in [0.3, 0.4) is 0 Å². The first kappa shape index (κ1) is 52.0. The molecule has 1 unspecified atom stereocenters. The number of esters is 2. The fourth-order valence-electron chi connectivity index (χ4n) is 5.74. The molecule has 0 aliphatic rings. The zero-order chi connectivity index (χ0) is 39.6. The van der Waals surface area contributed by atoms with Crippen molar-refractivity contribution in [3.05, 3.63) is 48.6 Å². The molecule has 0 spiro atoms. The number of phosphoric ester groups is 1. The van der Waals surface area contributed by atoms with Crippen molar-refractivity contribution >= 4 is 19.8 Å². The van der Waals surface area contributed by atoms with Crippen LogP contribution >= 0.6 is 7.82 Å². The van der Waals surface area contributed by atoms with E-state index < -0.39 is 32.5 Å². The minimum atomic E-state index is -4.39. The summed E-state index contributed by atoms with van der Waals surface area (Å²) in [6, 6.07) is 0. The maximum atomic E-state index is 12.6. The zero-order valence-electron chi connectivity index (χ0n) is 34.4. The molecular weight excluding hydrogens is 701 g/mol. The van der Waals surface area contributed by atoms with E-state index in [1.54, 1.807) is 0 Å². The van der Waals surface area contributed by atoms with Crippen LogP contribution in [0, 0.1) is 0 Å². The molecule has 0 aliphatic carbocycles. The van der Waals surface area contributed by atoms with Crippen molar-refractivity contribution in [2.75, 3.05) is 26.4 Å². The van der Waals surface area contributed by atoms with Crippen molar-refractivity contribution in [2.24, 2.45) is 5.73 Å². The van der Waals surface area contributed by atoms with Crippen LogP contribution in [0.1, 0.15) is 187 Å². The molecule has 0 saturated heterocycles. The molecule has 0 saturated carbocycles. The quantitative estimate of drug-likeness (QED) is 0.0269. The first-order valence-electron chi connectivity index (χ1n) is 21.6. The number of hydrogen-bond acceptors (Lipinski definition) is 8. The Morgan fingerprint density at radius 1 is 0.556 bits per heavy atom. The summed E-state index contributed by atoms with van der Waals surface area (Å²) < 4.78 is 32.7. The Hall–Kier alpha value is -2.03. The third kappa shape index (κ3) is 39.7. The zero-order valence-corrected chi connectivity index (χ0v) is 35.3. The van der Waals surface area contributed by atoms with Gasteiger partial charge in [0.05, 0.1) is 13.2 Å². The van der Waals surface area contributed by atoms with E-state index in [2.05, 4.69) is 56.4 Å². The van der Waals surface area contributed by atoms with Crippen LogP contribution in [0.15, 0.2) is 48.6 Å². The molecule has 9 nitrogen and oxygen atoms in total. The molecule has 0 aliphatic heterocycles. The van der Waals surface area contributed by atoms with Gasteiger partial charge in [-0.15, -0.1) is 0 Å². The van der Waals surface area contributed by atoms with Crippen LogP contribution in [-0.2, 0) is 32.7 Å². The fraction of sp³-hybridized carbons (Fsp3) is 0.773. The summed E-state index contributed by atoms with van der Waals surface area (Å²) in [4.78, 5) is 34.8. The van der Waals surface area contributed by atoms with Crippen molar-refractivity contribution in [2.45, 2.75) is 193 Å². The predicted molar refractivity (Wildman–Crippen MR) is 224 cm³/mol. The first-order chi connectivity index (χ1) is 26.3. The van der Waals surface area contributed by atoms with Gasteiger partial charge in [-0.25, -0.2) is 4.57 Å². The average molecular weight is 782 g/mol. The van der Waals surface area contributed by atoms with Crippen molar-refractivity contribution in [1.82, 2.24) is 0 Å². The van der Waals surface area contributed by atoms with Crippen LogP contribution in [0.25, 0.3) is 0 Å². The lowest BCUT2D eigenvalue weighted by Gasteiger charge is -2.19. The molecule has 0 aromatic rings. The minimum Gasteiger partial charge on any atom is -0.462 e. The SMILES string of the molecule is CCCCC/C=C/C/C=C/C/C=C/C/C=C/CCCC(=O)OC[C@H](COP(=O)(O)OCCN)OC(=O)CCCCCCCCCCCCCCCCCC. The van der Waals surface area contributed by atoms with Gasteiger partial charge < -0.3 is 20.1 Å². The Morgan fingerprint density at radius 2 is 0.981 bits per heavy atom. The molecule has 0 radical (unpaired) electrons. The van der Waals surface area contributed by atoms with Gasteiger partial charge in [-0.3, -0.25) is 18.6 Å². The Morgan fingerprint density at radius 3 is 1.48 bits per heavy atom. The molecule has 0 fully saturated rings. The highest BCUT2D eigenvalue weighted by Crippen LogP contribution is 2.43. The second-order valence-electron chi connectivity index (χ2n) is 14.2. The summed E-state index contributed by atoms with van der Waals surface area (Å²) in [5.74, 6) is -0.891. The molecule has 0 amide bonds. The lowest BCUT2D eigenvalue weighted by atomic mass is 10.0. The van der Waals surface area contributed by atoms with Gasteiger partial charge in [0.25, 0.3) is 0 Å². The van der Waals surface area contributed by atoms with E-state index in [0.717, 1.165) is 44.9 Å². The van der Waals surface area contributed by atoms with Crippen LogP contribution < -0.4 is 5.73 Å². The largest absolute Gasteiger partial charge is 0.472 e. The van der Waals surface area contributed by atoms with E-state index >= 15 is 0 Å².